The van der Waals surface area contributed by atoms with Crippen molar-refractivity contribution in [2.75, 3.05) is 37.0 Å². The molecule has 0 aliphatic rings. The summed E-state index contributed by atoms with van der Waals surface area (Å²) < 4.78 is 80.5. The van der Waals surface area contributed by atoms with Gasteiger partial charge in [0.05, 0.1) is 39.0 Å². The van der Waals surface area contributed by atoms with Crippen LogP contribution in [0, 0.1) is 6.92 Å². The van der Waals surface area contributed by atoms with E-state index >= 15 is 0 Å². The van der Waals surface area contributed by atoms with Gasteiger partial charge in [0, 0.05) is 80.4 Å². The molecule has 7 aromatic heterocycles. The van der Waals surface area contributed by atoms with Crippen LogP contribution in [0.3, 0.4) is 0 Å². The molecule has 8 aromatic rings. The van der Waals surface area contributed by atoms with Gasteiger partial charge in [0.2, 0.25) is 0 Å². The summed E-state index contributed by atoms with van der Waals surface area (Å²) in [6.45, 7) is 5.86. The molecule has 0 aliphatic heterocycles. The molecule has 0 bridgehead atoms. The van der Waals surface area contributed by atoms with Gasteiger partial charge in [-0.1, -0.05) is 18.2 Å². The van der Waals surface area contributed by atoms with E-state index in [1.165, 1.54) is 21.9 Å². The van der Waals surface area contributed by atoms with Crippen molar-refractivity contribution in [2.45, 2.75) is 33.1 Å². The Morgan fingerprint density at radius 2 is 1.09 bits per heavy atom. The molecule has 22 heteroatoms. The lowest BCUT2D eigenvalue weighted by Gasteiger charge is -2.20. The molecule has 1 aromatic carbocycles. The molecule has 70 heavy (non-hydrogen) atoms. The number of nitrogens with one attached hydrogen (secondary N) is 2. The van der Waals surface area contributed by atoms with Gasteiger partial charge in [-0.15, -0.1) is 0 Å². The van der Waals surface area contributed by atoms with Gasteiger partial charge in [-0.25, -0.2) is 19.0 Å². The second kappa shape index (κ2) is 22.0. The molecule has 0 atom stereocenters. The number of rotatable bonds is 9. The number of pyridine rings is 5. The Morgan fingerprint density at radius 1 is 0.586 bits per heavy atom. The molecule has 0 aliphatic carbocycles. The lowest BCUT2D eigenvalue weighted by molar-refractivity contribution is -0.138. The Labute approximate surface area is 404 Å². The van der Waals surface area contributed by atoms with Crippen LogP contribution in [0.4, 0.5) is 38.0 Å². The lowest BCUT2D eigenvalue weighted by Crippen LogP contribution is -2.31. The van der Waals surface area contributed by atoms with Crippen molar-refractivity contribution >= 4 is 62.2 Å². The summed E-state index contributed by atoms with van der Waals surface area (Å²) in [5.41, 5.74) is 3.95. The standard InChI is InChI=1S/C24H20F3N5O2.C16H12BrF3N4O.C8H10N2O/c1-3-31(21-9-8-18(13-29-21)24(25,26)27)23(34)17-10-11-32-20(12-17)19(14-30-32)15-4-6-16(7-5-15)22(33)28-2;1-2-23(14-4-3-11(8-21-14)16(18,19)20)15(25)10-5-6-24-13(7-10)12(17)9-22-24;1-6-3-4-7(10-5-6)8(11)9-2/h4-14H,3H2,1-2H3,(H,28,33);3-9H,2H2,1H3;3-5H,1-2H3,(H,9,11). The first kappa shape index (κ1) is 51.4. The molecule has 0 saturated heterocycles. The van der Waals surface area contributed by atoms with Gasteiger partial charge in [0.25, 0.3) is 23.6 Å². The number of hydrogen-bond donors (Lipinski definition) is 2. The third-order valence-corrected chi connectivity index (χ3v) is 11.0. The topological polar surface area (TPSA) is 172 Å². The molecular weight excluding hydrogens is 988 g/mol. The maximum absolute atomic E-state index is 13.2. The predicted octanol–water partition coefficient (Wildman–Crippen LogP) is 9.37. The number of carbonyl (C=O) groups excluding carboxylic acids is 4. The number of alkyl halides is 6. The zero-order valence-corrected chi connectivity index (χ0v) is 39.4. The van der Waals surface area contributed by atoms with Crippen LogP contribution in [-0.4, -0.2) is 85.0 Å². The first-order valence-electron chi connectivity index (χ1n) is 21.1. The van der Waals surface area contributed by atoms with Gasteiger partial charge in [-0.2, -0.15) is 36.5 Å². The van der Waals surface area contributed by atoms with Gasteiger partial charge >= 0.3 is 12.4 Å². The van der Waals surface area contributed by atoms with E-state index in [1.807, 2.05) is 13.0 Å². The average molecular weight is 1030 g/mol. The molecule has 0 radical (unpaired) electrons. The van der Waals surface area contributed by atoms with Crippen molar-refractivity contribution in [1.82, 2.24) is 44.8 Å². The van der Waals surface area contributed by atoms with Crippen molar-refractivity contribution in [3.63, 3.8) is 0 Å². The summed E-state index contributed by atoms with van der Waals surface area (Å²) in [5, 5.41) is 13.5. The number of halogens is 7. The average Bonchev–Trinajstić information content (AvgIpc) is 3.96. The van der Waals surface area contributed by atoms with Crippen LogP contribution in [0.15, 0.2) is 133 Å². The Balaban J connectivity index is 0.000000194. The summed E-state index contributed by atoms with van der Waals surface area (Å²) in [6.07, 6.45) is 0.686. The number of aromatic nitrogens is 7. The summed E-state index contributed by atoms with van der Waals surface area (Å²) in [6, 6.07) is 21.2. The van der Waals surface area contributed by atoms with E-state index in [0.29, 0.717) is 39.6 Å². The minimum Gasteiger partial charge on any atom is -0.355 e. The van der Waals surface area contributed by atoms with E-state index in [0.717, 1.165) is 39.5 Å². The minimum atomic E-state index is -4.51. The SMILES string of the molecule is CCN(C(=O)c1ccn2ncc(-c3ccc(C(=O)NC)cc3)c2c1)c1ccc(C(F)(F)F)cn1.CCN(C(=O)c1ccn2ncc(Br)c2c1)c1ccc(C(F)(F)F)cn1.CNC(=O)c1ccc(C)cn1. The fraction of sp³-hybridized carbons (Fsp3) is 0.188. The van der Waals surface area contributed by atoms with Crippen LogP contribution < -0.4 is 20.4 Å². The van der Waals surface area contributed by atoms with E-state index in [1.54, 1.807) is 123 Å². The van der Waals surface area contributed by atoms with Crippen LogP contribution in [0.25, 0.3) is 22.2 Å². The number of amides is 4. The van der Waals surface area contributed by atoms with E-state index in [4.69, 9.17) is 0 Å². The lowest BCUT2D eigenvalue weighted by atomic mass is 10.0. The highest BCUT2D eigenvalue weighted by Gasteiger charge is 2.32. The predicted molar refractivity (Wildman–Crippen MR) is 252 cm³/mol. The van der Waals surface area contributed by atoms with Crippen LogP contribution in [0.2, 0.25) is 0 Å². The number of hydrogen-bond acceptors (Lipinski definition) is 9. The molecular formula is C48H42BrF6N11O4. The van der Waals surface area contributed by atoms with E-state index in [9.17, 15) is 45.5 Å². The van der Waals surface area contributed by atoms with Crippen LogP contribution >= 0.6 is 15.9 Å². The number of nitrogens with zero attached hydrogens (tertiary/aromatic N) is 9. The zero-order chi connectivity index (χ0) is 50.9. The minimum absolute atomic E-state index is 0.124. The summed E-state index contributed by atoms with van der Waals surface area (Å²) in [7, 11) is 3.14. The summed E-state index contributed by atoms with van der Waals surface area (Å²) in [5.74, 6) is -0.822. The Hall–Kier alpha value is -8.01. The first-order valence-corrected chi connectivity index (χ1v) is 21.8. The molecule has 0 spiro atoms. The second-order valence-electron chi connectivity index (χ2n) is 14.9. The van der Waals surface area contributed by atoms with Crippen molar-refractivity contribution in [1.29, 1.82) is 0 Å². The van der Waals surface area contributed by atoms with Crippen molar-refractivity contribution in [2.24, 2.45) is 0 Å². The smallest absolute Gasteiger partial charge is 0.355 e. The van der Waals surface area contributed by atoms with Gasteiger partial charge < -0.3 is 10.6 Å². The summed E-state index contributed by atoms with van der Waals surface area (Å²) >= 11 is 3.35. The highest BCUT2D eigenvalue weighted by Crippen LogP contribution is 2.32. The van der Waals surface area contributed by atoms with Crippen LogP contribution in [-0.2, 0) is 12.4 Å². The van der Waals surface area contributed by atoms with Crippen LogP contribution in [0.5, 0.6) is 0 Å². The third kappa shape index (κ3) is 12.0. The van der Waals surface area contributed by atoms with Crippen molar-refractivity contribution < 1.29 is 45.5 Å². The van der Waals surface area contributed by atoms with E-state index < -0.39 is 29.4 Å². The van der Waals surface area contributed by atoms with Crippen LogP contribution in [0.1, 0.15) is 72.1 Å². The van der Waals surface area contributed by atoms with E-state index in [2.05, 4.69) is 51.7 Å². The van der Waals surface area contributed by atoms with Crippen molar-refractivity contribution in [3.05, 3.63) is 172 Å². The van der Waals surface area contributed by atoms with Crippen molar-refractivity contribution in [3.8, 4) is 11.1 Å². The number of aryl methyl sites for hydroxylation is 1. The van der Waals surface area contributed by atoms with Gasteiger partial charge in [-0.3, -0.25) is 34.0 Å². The first-order chi connectivity index (χ1) is 33.3. The molecule has 8 rings (SSSR count). The monoisotopic (exact) mass is 1030 g/mol. The Bertz CT molecular complexity index is 3120. The molecule has 2 N–H and O–H groups in total. The van der Waals surface area contributed by atoms with Gasteiger partial charge in [0.15, 0.2) is 0 Å². The molecule has 15 nitrogen and oxygen atoms in total. The normalized spacial score (nSPS) is 11.2. The second-order valence-corrected chi connectivity index (χ2v) is 15.8. The Morgan fingerprint density at radius 3 is 1.53 bits per heavy atom. The number of fused-ring (bicyclic) bond motifs is 2. The zero-order valence-electron chi connectivity index (χ0n) is 37.8. The highest BCUT2D eigenvalue weighted by molar-refractivity contribution is 9.10. The molecule has 362 valence electrons. The summed E-state index contributed by atoms with van der Waals surface area (Å²) in [4.78, 5) is 62.9. The van der Waals surface area contributed by atoms with E-state index in [-0.39, 0.29) is 42.4 Å². The molecule has 0 saturated carbocycles. The quantitative estimate of drug-likeness (QED) is 0.134. The largest absolute Gasteiger partial charge is 0.417 e. The fourth-order valence-corrected chi connectivity index (χ4v) is 7.04. The molecule has 0 fully saturated rings. The number of anilines is 2. The van der Waals surface area contributed by atoms with Gasteiger partial charge in [-0.05, 0) is 115 Å². The number of carbonyl (C=O) groups is 4. The third-order valence-electron chi connectivity index (χ3n) is 10.4. The maximum Gasteiger partial charge on any atom is 0.417 e. The highest BCUT2D eigenvalue weighted by atomic mass is 79.9. The Kier molecular flexibility index (Phi) is 16.1. The fourth-order valence-electron chi connectivity index (χ4n) is 6.65. The number of benzene rings is 1. The maximum atomic E-state index is 13.2. The molecule has 0 unspecified atom stereocenters. The molecule has 7 heterocycles. The molecule has 4 amide bonds. The van der Waals surface area contributed by atoms with Gasteiger partial charge in [0.1, 0.15) is 17.3 Å².